The van der Waals surface area contributed by atoms with Crippen molar-refractivity contribution in [1.29, 1.82) is 0 Å². The fraction of sp³-hybridized carbons (Fsp3) is 0.500. The van der Waals surface area contributed by atoms with Gasteiger partial charge in [0.15, 0.2) is 13.1 Å². The van der Waals surface area contributed by atoms with Crippen molar-refractivity contribution in [3.05, 3.63) is 35.4 Å². The van der Waals surface area contributed by atoms with E-state index in [1.54, 1.807) is 0 Å². The van der Waals surface area contributed by atoms with E-state index in [0.29, 0.717) is 0 Å². The quantitative estimate of drug-likeness (QED) is 0.590. The molecule has 3 heteroatoms. The molecule has 0 amide bonds. The van der Waals surface area contributed by atoms with Crippen molar-refractivity contribution in [3.8, 4) is 0 Å². The van der Waals surface area contributed by atoms with Crippen LogP contribution in [0.15, 0.2) is 24.3 Å². The van der Waals surface area contributed by atoms with Gasteiger partial charge in [0.1, 0.15) is 13.2 Å². The number of thioether (sulfide) groups is 1. The van der Waals surface area contributed by atoms with Gasteiger partial charge in [-0.3, -0.25) is 0 Å². The second kappa shape index (κ2) is 6.22. The van der Waals surface area contributed by atoms with Gasteiger partial charge >= 0.3 is 0 Å². The topological polar surface area (TPSA) is 12.2 Å². The molecule has 0 aliphatic carbocycles. The molecule has 1 fully saturated rings. The molecule has 1 aromatic carbocycles. The third kappa shape index (κ3) is 3.58. The normalized spacial score (nSPS) is 16.0. The van der Waals surface area contributed by atoms with Gasteiger partial charge in [0.25, 0.3) is 0 Å². The van der Waals surface area contributed by atoms with Gasteiger partial charge in [-0.15, -0.1) is 0 Å². The summed E-state index contributed by atoms with van der Waals surface area (Å²) in [5.41, 5.74) is 2.72. The summed E-state index contributed by atoms with van der Waals surface area (Å²) < 4.78 is 7.85. The summed E-state index contributed by atoms with van der Waals surface area (Å²) in [4.78, 5) is 0. The van der Waals surface area contributed by atoms with E-state index >= 15 is 0 Å². The number of rotatable bonds is 2. The highest BCUT2D eigenvalue weighted by Crippen LogP contribution is 2.10. The van der Waals surface area contributed by atoms with E-state index in [2.05, 4.69) is 42.0 Å². The van der Waals surface area contributed by atoms with Gasteiger partial charge in [0.2, 0.25) is 5.04 Å². The van der Waals surface area contributed by atoms with Gasteiger partial charge in [-0.2, -0.15) is 0 Å². The molecule has 0 atom stereocenters. The first-order valence-electron chi connectivity index (χ1n) is 6.07. The lowest BCUT2D eigenvalue weighted by molar-refractivity contribution is -0.547. The Hall–Kier alpha value is -0.800. The molecule has 0 bridgehead atoms. The van der Waals surface area contributed by atoms with E-state index in [-0.39, 0.29) is 0 Å². The number of benzene rings is 1. The van der Waals surface area contributed by atoms with Crippen LogP contribution in [0.1, 0.15) is 11.1 Å². The van der Waals surface area contributed by atoms with Crippen LogP contribution in [0.25, 0.3) is 0 Å². The van der Waals surface area contributed by atoms with Crippen molar-refractivity contribution in [3.63, 3.8) is 0 Å². The maximum Gasteiger partial charge on any atom is 0.214 e. The Morgan fingerprint density at radius 3 is 2.47 bits per heavy atom. The minimum absolute atomic E-state index is 0.859. The van der Waals surface area contributed by atoms with Gasteiger partial charge in [-0.1, -0.05) is 41.6 Å². The van der Waals surface area contributed by atoms with E-state index < -0.39 is 0 Å². The van der Waals surface area contributed by atoms with Gasteiger partial charge in [-0.05, 0) is 18.7 Å². The van der Waals surface area contributed by atoms with Gasteiger partial charge in [0, 0.05) is 0 Å². The second-order valence-electron chi connectivity index (χ2n) is 4.36. The highest BCUT2D eigenvalue weighted by molar-refractivity contribution is 8.13. The van der Waals surface area contributed by atoms with Crippen molar-refractivity contribution in [2.24, 2.45) is 0 Å². The van der Waals surface area contributed by atoms with Crippen LogP contribution in [0, 0.1) is 6.92 Å². The van der Waals surface area contributed by atoms with Crippen molar-refractivity contribution >= 4 is 16.8 Å². The Kier molecular flexibility index (Phi) is 4.63. The number of hydrogen-bond acceptors (Lipinski definition) is 2. The average Bonchev–Trinajstić information content (AvgIpc) is 2.39. The summed E-state index contributed by atoms with van der Waals surface area (Å²) in [6.45, 7) is 5.91. The highest BCUT2D eigenvalue weighted by Gasteiger charge is 2.17. The highest BCUT2D eigenvalue weighted by atomic mass is 32.2. The average molecular weight is 250 g/mol. The van der Waals surface area contributed by atoms with Crippen LogP contribution in [-0.2, 0) is 11.2 Å². The number of ether oxygens (including phenoxy) is 1. The molecule has 0 spiro atoms. The van der Waals surface area contributed by atoms with Gasteiger partial charge in [0.05, 0.1) is 6.42 Å². The summed E-state index contributed by atoms with van der Waals surface area (Å²) in [5, 5.41) is 1.46. The minimum atomic E-state index is 0.859. The monoisotopic (exact) mass is 250 g/mol. The van der Waals surface area contributed by atoms with Crippen molar-refractivity contribution in [2.45, 2.75) is 13.3 Å². The fourth-order valence-corrected chi connectivity index (χ4v) is 2.76. The van der Waals surface area contributed by atoms with Crippen LogP contribution in [-0.4, -0.2) is 42.2 Å². The number of morpholine rings is 1. The predicted molar refractivity (Wildman–Crippen MR) is 74.2 cm³/mol. The molecule has 17 heavy (non-hydrogen) atoms. The summed E-state index contributed by atoms with van der Waals surface area (Å²) in [6.07, 6.45) is 3.21. The second-order valence-corrected chi connectivity index (χ2v) is 5.24. The third-order valence-electron chi connectivity index (χ3n) is 3.08. The molecule has 0 saturated carbocycles. The summed E-state index contributed by atoms with van der Waals surface area (Å²) in [5.74, 6) is 0. The van der Waals surface area contributed by atoms with Crippen LogP contribution in [0.3, 0.4) is 0 Å². The predicted octanol–water partition coefficient (Wildman–Crippen LogP) is 2.34. The van der Waals surface area contributed by atoms with Crippen LogP contribution < -0.4 is 0 Å². The molecule has 0 unspecified atom stereocenters. The zero-order valence-electron chi connectivity index (χ0n) is 10.6. The Bertz CT molecular complexity index is 389. The Morgan fingerprint density at radius 2 is 1.88 bits per heavy atom. The molecule has 2 nitrogen and oxygen atoms in total. The van der Waals surface area contributed by atoms with E-state index in [1.807, 2.05) is 11.8 Å². The zero-order valence-corrected chi connectivity index (χ0v) is 11.4. The molecule has 0 aromatic heterocycles. The molecule has 1 aliphatic rings. The molecule has 0 N–H and O–H groups in total. The van der Waals surface area contributed by atoms with E-state index in [0.717, 1.165) is 32.7 Å². The van der Waals surface area contributed by atoms with Crippen LogP contribution in [0.5, 0.6) is 0 Å². The van der Waals surface area contributed by atoms with Gasteiger partial charge < -0.3 is 4.74 Å². The molecular weight excluding hydrogens is 230 g/mol. The van der Waals surface area contributed by atoms with E-state index in [1.165, 1.54) is 16.2 Å². The van der Waals surface area contributed by atoms with Crippen LogP contribution >= 0.6 is 11.8 Å². The summed E-state index contributed by atoms with van der Waals surface area (Å²) in [6, 6.07) is 8.83. The Labute approximate surface area is 108 Å². The van der Waals surface area contributed by atoms with E-state index in [9.17, 15) is 0 Å². The Balaban J connectivity index is 2.11. The zero-order chi connectivity index (χ0) is 12.1. The molecule has 92 valence electrons. The standard InChI is InChI=1S/C14H20NOS/c1-12-3-5-13(6-4-12)11-14(17-2)15-7-9-16-10-8-15/h3-6H,7-11H2,1-2H3/q+1. The molecule has 1 aromatic rings. The smallest absolute Gasteiger partial charge is 0.214 e. The maximum atomic E-state index is 5.40. The summed E-state index contributed by atoms with van der Waals surface area (Å²) >= 11 is 1.86. The molecular formula is C14H20NOS+. The SMILES string of the molecule is CSC(Cc1ccc(C)cc1)=[N+]1CCOCC1. The van der Waals surface area contributed by atoms with Crippen molar-refractivity contribution < 1.29 is 9.31 Å². The van der Waals surface area contributed by atoms with Crippen LogP contribution in [0.4, 0.5) is 0 Å². The Morgan fingerprint density at radius 1 is 1.24 bits per heavy atom. The molecule has 1 aliphatic heterocycles. The lowest BCUT2D eigenvalue weighted by Gasteiger charge is -2.14. The molecule has 0 radical (unpaired) electrons. The van der Waals surface area contributed by atoms with Crippen LogP contribution in [0.2, 0.25) is 0 Å². The fourth-order valence-electron chi connectivity index (χ4n) is 2.01. The third-order valence-corrected chi connectivity index (χ3v) is 3.95. The molecule has 1 saturated heterocycles. The number of aryl methyl sites for hydroxylation is 1. The van der Waals surface area contributed by atoms with Crippen molar-refractivity contribution in [1.82, 2.24) is 0 Å². The first-order chi connectivity index (χ1) is 8.29. The first-order valence-corrected chi connectivity index (χ1v) is 7.30. The largest absolute Gasteiger partial charge is 0.368 e. The first kappa shape index (κ1) is 12.7. The van der Waals surface area contributed by atoms with Crippen molar-refractivity contribution in [2.75, 3.05) is 32.6 Å². The lowest BCUT2D eigenvalue weighted by Crippen LogP contribution is -2.33. The lowest BCUT2D eigenvalue weighted by atomic mass is 10.1. The van der Waals surface area contributed by atoms with E-state index in [4.69, 9.17) is 4.74 Å². The molecule has 2 rings (SSSR count). The molecule has 1 heterocycles. The number of hydrogen-bond donors (Lipinski definition) is 0. The number of nitrogens with zero attached hydrogens (tertiary/aromatic N) is 1. The maximum absolute atomic E-state index is 5.40. The minimum Gasteiger partial charge on any atom is -0.368 e. The van der Waals surface area contributed by atoms with Gasteiger partial charge in [-0.25, -0.2) is 4.58 Å². The summed E-state index contributed by atoms with van der Waals surface area (Å²) in [7, 11) is 0.